The first-order valence-electron chi connectivity index (χ1n) is 7.28. The van der Waals surface area contributed by atoms with E-state index in [0.29, 0.717) is 31.5 Å². The van der Waals surface area contributed by atoms with Crippen LogP contribution in [0.1, 0.15) is 12.8 Å². The molecule has 2 atom stereocenters. The molecule has 8 nitrogen and oxygen atoms in total. The van der Waals surface area contributed by atoms with Gasteiger partial charge in [0.05, 0.1) is 6.04 Å². The van der Waals surface area contributed by atoms with Crippen molar-refractivity contribution in [1.29, 1.82) is 5.26 Å². The lowest BCUT2D eigenvalue weighted by molar-refractivity contribution is -0.111. The van der Waals surface area contributed by atoms with Crippen molar-refractivity contribution < 1.29 is 19.0 Å². The summed E-state index contributed by atoms with van der Waals surface area (Å²) in [5.74, 6) is 0.0481. The Morgan fingerprint density at radius 3 is 2.83 bits per heavy atom. The minimum absolute atomic E-state index is 0.0117. The van der Waals surface area contributed by atoms with Gasteiger partial charge in [-0.25, -0.2) is 4.39 Å². The Hall–Kier alpha value is -2.86. The maximum absolute atomic E-state index is 12.8. The molecule has 0 saturated carbocycles. The number of aliphatic hydroxyl groups excluding tert-OH is 1. The van der Waals surface area contributed by atoms with E-state index < -0.39 is 12.1 Å². The summed E-state index contributed by atoms with van der Waals surface area (Å²) in [6, 6.07) is 4.87. The third kappa shape index (κ3) is 7.42. The van der Waals surface area contributed by atoms with E-state index in [9.17, 15) is 14.3 Å². The van der Waals surface area contributed by atoms with Crippen molar-refractivity contribution in [3.05, 3.63) is 30.1 Å². The molecule has 0 bridgehead atoms. The fourth-order valence-electron chi connectivity index (χ4n) is 1.91. The highest BCUT2D eigenvalue weighted by molar-refractivity contribution is 5.79. The fraction of sp³-hybridized carbons (Fsp3) is 0.400. The van der Waals surface area contributed by atoms with Crippen LogP contribution in [0, 0.1) is 17.3 Å². The third-order valence-electron chi connectivity index (χ3n) is 3.12. The molecule has 0 aliphatic carbocycles. The first-order chi connectivity index (χ1) is 11.6. The number of guanidine groups is 1. The van der Waals surface area contributed by atoms with Crippen LogP contribution in [0.3, 0.4) is 0 Å². The fourth-order valence-corrected chi connectivity index (χ4v) is 1.91. The molecule has 0 aliphatic rings. The zero-order chi connectivity index (χ0) is 17.8. The minimum atomic E-state index is -0.946. The lowest BCUT2D eigenvalue weighted by atomic mass is 10.1. The number of hydrogen-bond acceptors (Lipinski definition) is 5. The maximum atomic E-state index is 12.8. The molecular weight excluding hydrogens is 317 g/mol. The lowest BCUT2D eigenvalue weighted by Crippen LogP contribution is -2.42. The van der Waals surface area contributed by atoms with Crippen LogP contribution in [0.5, 0.6) is 5.75 Å². The zero-order valence-corrected chi connectivity index (χ0v) is 13.0. The summed E-state index contributed by atoms with van der Waals surface area (Å²) in [7, 11) is 0. The highest BCUT2D eigenvalue weighted by atomic mass is 19.1. The molecule has 0 radical (unpaired) electrons. The van der Waals surface area contributed by atoms with E-state index in [2.05, 4.69) is 15.6 Å². The number of aliphatic hydroxyl groups is 1. The van der Waals surface area contributed by atoms with Gasteiger partial charge in [0, 0.05) is 6.54 Å². The van der Waals surface area contributed by atoms with Crippen molar-refractivity contribution in [1.82, 2.24) is 10.6 Å². The molecule has 1 amide bonds. The molecule has 1 rings (SSSR count). The molecule has 5 N–H and O–H groups in total. The van der Waals surface area contributed by atoms with E-state index in [0.717, 1.165) is 0 Å². The van der Waals surface area contributed by atoms with Gasteiger partial charge >= 0.3 is 0 Å². The first-order valence-corrected chi connectivity index (χ1v) is 7.28. The molecule has 2 unspecified atom stereocenters. The van der Waals surface area contributed by atoms with Crippen LogP contribution in [0.15, 0.2) is 29.3 Å². The molecule has 0 fully saturated rings. The molecule has 0 aliphatic heterocycles. The van der Waals surface area contributed by atoms with Crippen LogP contribution in [0.25, 0.3) is 0 Å². The van der Waals surface area contributed by atoms with Gasteiger partial charge in [0.15, 0.2) is 6.19 Å². The number of nitriles is 1. The molecule has 24 heavy (non-hydrogen) atoms. The Kier molecular flexibility index (Phi) is 8.63. The van der Waals surface area contributed by atoms with E-state index in [1.54, 1.807) is 6.19 Å². The molecular formula is C15H20FN5O3. The van der Waals surface area contributed by atoms with E-state index in [1.165, 1.54) is 24.3 Å². The monoisotopic (exact) mass is 337 g/mol. The largest absolute Gasteiger partial charge is 0.491 e. The third-order valence-corrected chi connectivity index (χ3v) is 3.12. The summed E-state index contributed by atoms with van der Waals surface area (Å²) >= 11 is 0. The molecule has 1 aromatic rings. The van der Waals surface area contributed by atoms with E-state index in [-0.39, 0.29) is 18.4 Å². The zero-order valence-electron chi connectivity index (χ0n) is 13.0. The number of nitrogens with one attached hydrogen (secondary N) is 2. The van der Waals surface area contributed by atoms with Gasteiger partial charge in [0.2, 0.25) is 12.4 Å². The molecule has 1 aromatic carbocycles. The van der Waals surface area contributed by atoms with Crippen LogP contribution < -0.4 is 21.1 Å². The van der Waals surface area contributed by atoms with Crippen LogP contribution in [-0.2, 0) is 4.79 Å². The normalized spacial score (nSPS) is 13.5. The summed E-state index contributed by atoms with van der Waals surface area (Å²) in [5, 5.41) is 23.2. The first kappa shape index (κ1) is 19.2. The summed E-state index contributed by atoms with van der Waals surface area (Å²) in [6.45, 7) is 0.279. The number of carbonyl (C=O) groups is 1. The number of rotatable bonds is 10. The smallest absolute Gasteiger partial charge is 0.207 e. The standard InChI is InChI=1S/C15H20FN5O3/c16-11-3-5-12(6-4-11)24-8-14(23)13(21-10-22)2-1-7-19-15(18)20-9-17/h3-6,10,13-14,23H,1-2,7-8H2,(H,21,22)(H3,18,19,20). The second-order valence-electron chi connectivity index (χ2n) is 4.87. The number of amides is 1. The van der Waals surface area contributed by atoms with Crippen molar-refractivity contribution in [2.45, 2.75) is 25.0 Å². The number of halogens is 1. The van der Waals surface area contributed by atoms with E-state index in [1.807, 2.05) is 0 Å². The van der Waals surface area contributed by atoms with Crippen molar-refractivity contribution in [2.75, 3.05) is 13.2 Å². The summed E-state index contributed by atoms with van der Waals surface area (Å²) in [4.78, 5) is 14.6. The van der Waals surface area contributed by atoms with Crippen LogP contribution in [0.4, 0.5) is 4.39 Å². The number of nitrogens with two attached hydrogens (primary N) is 1. The van der Waals surface area contributed by atoms with Crippen LogP contribution in [0.2, 0.25) is 0 Å². The predicted molar refractivity (Wildman–Crippen MR) is 85.4 cm³/mol. The number of aliphatic imine (C=N–C) groups is 1. The number of benzene rings is 1. The Morgan fingerprint density at radius 2 is 2.21 bits per heavy atom. The Balaban J connectivity index is 2.42. The van der Waals surface area contributed by atoms with E-state index in [4.69, 9.17) is 15.7 Å². The second-order valence-corrected chi connectivity index (χ2v) is 4.87. The molecule has 0 aromatic heterocycles. The number of nitrogens with zero attached hydrogens (tertiary/aromatic N) is 2. The van der Waals surface area contributed by atoms with Gasteiger partial charge in [0.1, 0.15) is 24.3 Å². The number of hydrogen-bond donors (Lipinski definition) is 4. The molecule has 9 heteroatoms. The SMILES string of the molecule is N#CNC(N)=NCCCC(NC=O)C(O)COc1ccc(F)cc1. The Labute approximate surface area is 139 Å². The van der Waals surface area contributed by atoms with Crippen molar-refractivity contribution in [3.8, 4) is 11.9 Å². The van der Waals surface area contributed by atoms with Gasteiger partial charge in [0.25, 0.3) is 0 Å². The quantitative estimate of drug-likeness (QED) is 0.117. The lowest BCUT2D eigenvalue weighted by Gasteiger charge is -2.22. The summed E-state index contributed by atoms with van der Waals surface area (Å²) in [5.41, 5.74) is 5.39. The second kappa shape index (κ2) is 10.8. The minimum Gasteiger partial charge on any atom is -0.491 e. The number of ether oxygens (including phenoxy) is 1. The van der Waals surface area contributed by atoms with Gasteiger partial charge in [-0.15, -0.1) is 0 Å². The average Bonchev–Trinajstić information content (AvgIpc) is 2.57. The highest BCUT2D eigenvalue weighted by Gasteiger charge is 2.19. The predicted octanol–water partition coefficient (Wildman–Crippen LogP) is -0.154. The van der Waals surface area contributed by atoms with Crippen molar-refractivity contribution in [3.63, 3.8) is 0 Å². The Bertz CT molecular complexity index is 573. The van der Waals surface area contributed by atoms with Crippen molar-refractivity contribution >= 4 is 12.4 Å². The van der Waals surface area contributed by atoms with Crippen LogP contribution in [-0.4, -0.2) is 42.8 Å². The van der Waals surface area contributed by atoms with Gasteiger partial charge in [-0.3, -0.25) is 15.1 Å². The maximum Gasteiger partial charge on any atom is 0.207 e. The molecule has 0 saturated heterocycles. The van der Waals surface area contributed by atoms with Gasteiger partial charge in [-0.05, 0) is 37.1 Å². The van der Waals surface area contributed by atoms with Crippen LogP contribution >= 0.6 is 0 Å². The molecule has 130 valence electrons. The van der Waals surface area contributed by atoms with Gasteiger partial charge in [-0.1, -0.05) is 0 Å². The van der Waals surface area contributed by atoms with Gasteiger partial charge in [-0.2, -0.15) is 5.26 Å². The van der Waals surface area contributed by atoms with E-state index >= 15 is 0 Å². The van der Waals surface area contributed by atoms with Gasteiger partial charge < -0.3 is 20.9 Å². The highest BCUT2D eigenvalue weighted by Crippen LogP contribution is 2.12. The van der Waals surface area contributed by atoms with Crippen molar-refractivity contribution in [2.24, 2.45) is 10.7 Å². The average molecular weight is 337 g/mol. The molecule has 0 heterocycles. The topological polar surface area (TPSA) is 133 Å². The summed E-state index contributed by atoms with van der Waals surface area (Å²) < 4.78 is 18.2. The Morgan fingerprint density at radius 1 is 1.50 bits per heavy atom. The number of carbonyl (C=O) groups excluding carboxylic acids is 1. The summed E-state index contributed by atoms with van der Waals surface area (Å²) in [6.07, 6.45) is 2.18. The molecule has 0 spiro atoms.